The van der Waals surface area contributed by atoms with Crippen molar-refractivity contribution in [1.29, 1.82) is 0 Å². The predicted octanol–water partition coefficient (Wildman–Crippen LogP) is 1.67. The molecule has 1 aromatic carbocycles. The van der Waals surface area contributed by atoms with E-state index >= 15 is 0 Å². The Hall–Kier alpha value is -1.95. The molecule has 6 heteroatoms. The first kappa shape index (κ1) is 14.5. The quantitative estimate of drug-likeness (QED) is 0.671. The van der Waals surface area contributed by atoms with Gasteiger partial charge in [-0.15, -0.1) is 0 Å². The molecule has 0 radical (unpaired) electrons. The summed E-state index contributed by atoms with van der Waals surface area (Å²) in [6.45, 7) is 2.19. The standard InChI is InChI=1S/C14H19N3O3/c1-15-9-11-5-4-8-16(10-11)14(18)12-6-2-3-7-13(12)17(19)20/h2-3,6-7,11,15H,4-5,8-10H2,1H3. The summed E-state index contributed by atoms with van der Waals surface area (Å²) in [5.74, 6) is 0.179. The number of para-hydroxylation sites is 1. The molecule has 1 aromatic rings. The second-order valence-corrected chi connectivity index (χ2v) is 5.09. The molecule has 1 fully saturated rings. The number of carbonyl (C=O) groups is 1. The van der Waals surface area contributed by atoms with Gasteiger partial charge in [0.25, 0.3) is 11.6 Å². The lowest BCUT2D eigenvalue weighted by molar-refractivity contribution is -0.385. The van der Waals surface area contributed by atoms with Gasteiger partial charge in [-0.05, 0) is 38.4 Å². The second kappa shape index (κ2) is 6.47. The Morgan fingerprint density at radius 3 is 2.95 bits per heavy atom. The van der Waals surface area contributed by atoms with Crippen molar-refractivity contribution in [1.82, 2.24) is 10.2 Å². The van der Waals surface area contributed by atoms with Crippen LogP contribution in [0.2, 0.25) is 0 Å². The zero-order valence-corrected chi connectivity index (χ0v) is 11.5. The molecule has 20 heavy (non-hydrogen) atoms. The fourth-order valence-electron chi connectivity index (χ4n) is 2.69. The number of hydrogen-bond donors (Lipinski definition) is 1. The normalized spacial score (nSPS) is 18.9. The van der Waals surface area contributed by atoms with E-state index in [0.717, 1.165) is 19.4 Å². The number of piperidine rings is 1. The molecule has 0 aromatic heterocycles. The van der Waals surface area contributed by atoms with Crippen molar-refractivity contribution in [3.8, 4) is 0 Å². The molecule has 1 N–H and O–H groups in total. The van der Waals surface area contributed by atoms with Crippen molar-refractivity contribution in [2.45, 2.75) is 12.8 Å². The number of hydrogen-bond acceptors (Lipinski definition) is 4. The van der Waals surface area contributed by atoms with Crippen molar-refractivity contribution in [3.63, 3.8) is 0 Å². The Morgan fingerprint density at radius 2 is 2.25 bits per heavy atom. The summed E-state index contributed by atoms with van der Waals surface area (Å²) in [5, 5.41) is 14.1. The minimum atomic E-state index is -0.498. The zero-order valence-electron chi connectivity index (χ0n) is 11.5. The molecule has 0 aliphatic carbocycles. The molecular weight excluding hydrogens is 258 g/mol. The molecule has 6 nitrogen and oxygen atoms in total. The van der Waals surface area contributed by atoms with Gasteiger partial charge in [0, 0.05) is 19.2 Å². The molecule has 2 rings (SSSR count). The average Bonchev–Trinajstić information content (AvgIpc) is 2.47. The smallest absolute Gasteiger partial charge is 0.282 e. The number of nitrogens with zero attached hydrogens (tertiary/aromatic N) is 2. The average molecular weight is 277 g/mol. The largest absolute Gasteiger partial charge is 0.338 e. The summed E-state index contributed by atoms with van der Waals surface area (Å²) in [5.41, 5.74) is 0.0656. The molecule has 1 saturated heterocycles. The van der Waals surface area contributed by atoms with Crippen molar-refractivity contribution in [2.75, 3.05) is 26.7 Å². The van der Waals surface area contributed by atoms with Crippen LogP contribution in [0.1, 0.15) is 23.2 Å². The highest BCUT2D eigenvalue weighted by Gasteiger charge is 2.28. The first-order valence-electron chi connectivity index (χ1n) is 6.80. The van der Waals surface area contributed by atoms with E-state index in [-0.39, 0.29) is 17.2 Å². The lowest BCUT2D eigenvalue weighted by atomic mass is 9.97. The van der Waals surface area contributed by atoms with Crippen molar-refractivity contribution >= 4 is 11.6 Å². The minimum absolute atomic E-state index is 0.117. The van der Waals surface area contributed by atoms with Crippen molar-refractivity contribution < 1.29 is 9.72 Å². The highest BCUT2D eigenvalue weighted by atomic mass is 16.6. The SMILES string of the molecule is CNCC1CCCN(C(=O)c2ccccc2[N+](=O)[O-])C1. The van der Waals surface area contributed by atoms with Crippen molar-refractivity contribution in [2.24, 2.45) is 5.92 Å². The number of nitro groups is 1. The van der Waals surface area contributed by atoms with Crippen LogP contribution in [0, 0.1) is 16.0 Å². The lowest BCUT2D eigenvalue weighted by Crippen LogP contribution is -2.42. The number of nitro benzene ring substituents is 1. The van der Waals surface area contributed by atoms with E-state index in [1.54, 1.807) is 17.0 Å². The summed E-state index contributed by atoms with van der Waals surface area (Å²) in [7, 11) is 1.89. The van der Waals surface area contributed by atoms with Crippen LogP contribution in [0.3, 0.4) is 0 Å². The van der Waals surface area contributed by atoms with Crippen LogP contribution in [-0.2, 0) is 0 Å². The molecule has 1 atom stereocenters. The van der Waals surface area contributed by atoms with Gasteiger partial charge in [-0.1, -0.05) is 12.1 Å². The molecule has 0 spiro atoms. The molecule has 0 bridgehead atoms. The third-order valence-corrected chi connectivity index (χ3v) is 3.63. The van der Waals surface area contributed by atoms with Gasteiger partial charge in [0.05, 0.1) is 4.92 Å². The van der Waals surface area contributed by atoms with Crippen LogP contribution in [-0.4, -0.2) is 42.4 Å². The molecule has 1 amide bonds. The minimum Gasteiger partial charge on any atom is -0.338 e. The van der Waals surface area contributed by atoms with Crippen LogP contribution in [0.5, 0.6) is 0 Å². The van der Waals surface area contributed by atoms with Crippen LogP contribution in [0.15, 0.2) is 24.3 Å². The van der Waals surface area contributed by atoms with Gasteiger partial charge >= 0.3 is 0 Å². The van der Waals surface area contributed by atoms with Crippen LogP contribution in [0.4, 0.5) is 5.69 Å². The monoisotopic (exact) mass is 277 g/mol. The summed E-state index contributed by atoms with van der Waals surface area (Å²) in [4.78, 5) is 24.7. The number of rotatable bonds is 4. The maximum atomic E-state index is 12.5. The zero-order chi connectivity index (χ0) is 14.5. The van der Waals surface area contributed by atoms with E-state index in [4.69, 9.17) is 0 Å². The van der Waals surface area contributed by atoms with E-state index in [1.165, 1.54) is 12.1 Å². The Kier molecular flexibility index (Phi) is 4.68. The molecule has 1 aliphatic rings. The highest BCUT2D eigenvalue weighted by Crippen LogP contribution is 2.23. The van der Waals surface area contributed by atoms with Gasteiger partial charge in [-0.2, -0.15) is 0 Å². The number of carbonyl (C=O) groups excluding carboxylic acids is 1. The lowest BCUT2D eigenvalue weighted by Gasteiger charge is -2.32. The van der Waals surface area contributed by atoms with E-state index in [1.807, 2.05) is 7.05 Å². The Morgan fingerprint density at radius 1 is 1.50 bits per heavy atom. The van der Waals surface area contributed by atoms with Crippen LogP contribution in [0.25, 0.3) is 0 Å². The topological polar surface area (TPSA) is 75.5 Å². The number of benzene rings is 1. The fraction of sp³-hybridized carbons (Fsp3) is 0.500. The molecular formula is C14H19N3O3. The second-order valence-electron chi connectivity index (χ2n) is 5.09. The first-order chi connectivity index (χ1) is 9.63. The van der Waals surface area contributed by atoms with Gasteiger partial charge in [-0.3, -0.25) is 14.9 Å². The van der Waals surface area contributed by atoms with E-state index in [0.29, 0.717) is 19.0 Å². The van der Waals surface area contributed by atoms with Gasteiger partial charge in [0.1, 0.15) is 5.56 Å². The summed E-state index contributed by atoms with van der Waals surface area (Å²) in [6.07, 6.45) is 2.03. The maximum absolute atomic E-state index is 12.5. The van der Waals surface area contributed by atoms with Gasteiger partial charge in [-0.25, -0.2) is 0 Å². The van der Waals surface area contributed by atoms with Gasteiger partial charge in [0.2, 0.25) is 0 Å². The Labute approximate surface area is 117 Å². The summed E-state index contributed by atoms with van der Waals surface area (Å²) in [6, 6.07) is 6.15. The van der Waals surface area contributed by atoms with E-state index in [9.17, 15) is 14.9 Å². The summed E-state index contributed by atoms with van der Waals surface area (Å²) >= 11 is 0. The maximum Gasteiger partial charge on any atom is 0.282 e. The fourth-order valence-corrected chi connectivity index (χ4v) is 2.69. The van der Waals surface area contributed by atoms with Gasteiger partial charge in [0.15, 0.2) is 0 Å². The number of amides is 1. The van der Waals surface area contributed by atoms with Crippen molar-refractivity contribution in [3.05, 3.63) is 39.9 Å². The Bertz CT molecular complexity index is 502. The van der Waals surface area contributed by atoms with E-state index in [2.05, 4.69) is 5.32 Å². The molecule has 1 heterocycles. The first-order valence-corrected chi connectivity index (χ1v) is 6.80. The predicted molar refractivity (Wildman–Crippen MR) is 75.7 cm³/mol. The molecule has 1 unspecified atom stereocenters. The number of likely N-dealkylation sites (tertiary alicyclic amines) is 1. The molecule has 0 saturated carbocycles. The highest BCUT2D eigenvalue weighted by molar-refractivity contribution is 5.98. The summed E-state index contributed by atoms with van der Waals surface area (Å²) < 4.78 is 0. The Balaban J connectivity index is 2.17. The van der Waals surface area contributed by atoms with Gasteiger partial charge < -0.3 is 10.2 Å². The number of nitrogens with one attached hydrogen (secondary N) is 1. The van der Waals surface area contributed by atoms with Crippen LogP contribution >= 0.6 is 0 Å². The van der Waals surface area contributed by atoms with Crippen LogP contribution < -0.4 is 5.32 Å². The molecule has 108 valence electrons. The third-order valence-electron chi connectivity index (χ3n) is 3.63. The van der Waals surface area contributed by atoms with E-state index < -0.39 is 4.92 Å². The third kappa shape index (κ3) is 3.14. The molecule has 1 aliphatic heterocycles.